The average Bonchev–Trinajstić information content (AvgIpc) is 2.87. The zero-order valence-electron chi connectivity index (χ0n) is 12.5. The Hall–Kier alpha value is -2.34. The van der Waals surface area contributed by atoms with Crippen molar-refractivity contribution >= 4 is 5.95 Å². The lowest BCUT2D eigenvalue weighted by atomic mass is 9.93. The number of nitrogens with zero attached hydrogens (tertiary/aromatic N) is 3. The lowest BCUT2D eigenvalue weighted by molar-refractivity contribution is 0.418. The second-order valence-corrected chi connectivity index (χ2v) is 6.22. The van der Waals surface area contributed by atoms with E-state index in [1.165, 1.54) is 6.42 Å². The predicted octanol–water partition coefficient (Wildman–Crippen LogP) is 3.11. The number of benzene rings is 1. The molecule has 0 unspecified atom stereocenters. The smallest absolute Gasteiger partial charge is 0.225 e. The van der Waals surface area contributed by atoms with Gasteiger partial charge in [-0.05, 0) is 24.0 Å². The first-order valence-electron chi connectivity index (χ1n) is 7.26. The summed E-state index contributed by atoms with van der Waals surface area (Å²) in [6.45, 7) is 6.61. The molecule has 21 heavy (non-hydrogen) atoms. The minimum Gasteiger partial charge on any atom is -0.340 e. The Kier molecular flexibility index (Phi) is 3.62. The minimum atomic E-state index is 0.356. The van der Waals surface area contributed by atoms with Crippen LogP contribution in [0.25, 0.3) is 0 Å². The molecule has 2 heterocycles. The van der Waals surface area contributed by atoms with Crippen molar-refractivity contribution in [2.45, 2.75) is 20.3 Å². The summed E-state index contributed by atoms with van der Waals surface area (Å²) in [5.74, 6) is 7.03. The van der Waals surface area contributed by atoms with Gasteiger partial charge in [-0.3, -0.25) is 0 Å². The standard InChI is InChI=1S/C18H19N3/c1-18(2)10-11-21(14-18)17-19-12-16(13-20-17)9-8-15-6-4-3-5-7-15/h3-7,12-13H,10-11,14H2,1-2H3. The van der Waals surface area contributed by atoms with Crippen molar-refractivity contribution in [2.75, 3.05) is 18.0 Å². The second-order valence-electron chi connectivity index (χ2n) is 6.22. The molecule has 1 aliphatic heterocycles. The SMILES string of the molecule is CC1(C)CCN(c2ncc(C#Cc3ccccc3)cn2)C1. The van der Waals surface area contributed by atoms with Crippen LogP contribution in [-0.4, -0.2) is 23.1 Å². The fourth-order valence-corrected chi connectivity index (χ4v) is 2.50. The molecule has 0 bridgehead atoms. The van der Waals surface area contributed by atoms with E-state index in [1.807, 2.05) is 42.7 Å². The van der Waals surface area contributed by atoms with Crippen LogP contribution in [0.3, 0.4) is 0 Å². The summed E-state index contributed by atoms with van der Waals surface area (Å²) < 4.78 is 0. The van der Waals surface area contributed by atoms with Gasteiger partial charge < -0.3 is 4.90 Å². The highest BCUT2D eigenvalue weighted by molar-refractivity contribution is 5.42. The Morgan fingerprint density at radius 1 is 1.00 bits per heavy atom. The van der Waals surface area contributed by atoms with Crippen molar-refractivity contribution in [3.05, 3.63) is 53.9 Å². The van der Waals surface area contributed by atoms with Gasteiger partial charge in [0.05, 0.1) is 5.56 Å². The number of anilines is 1. The van der Waals surface area contributed by atoms with Gasteiger partial charge in [-0.2, -0.15) is 0 Å². The minimum absolute atomic E-state index is 0.356. The van der Waals surface area contributed by atoms with Crippen LogP contribution < -0.4 is 4.90 Å². The van der Waals surface area contributed by atoms with E-state index < -0.39 is 0 Å². The second kappa shape index (κ2) is 5.57. The Bertz CT molecular complexity index is 663. The summed E-state index contributed by atoms with van der Waals surface area (Å²) >= 11 is 0. The van der Waals surface area contributed by atoms with Crippen LogP contribution in [0.15, 0.2) is 42.7 Å². The van der Waals surface area contributed by atoms with Gasteiger partial charge >= 0.3 is 0 Å². The maximum Gasteiger partial charge on any atom is 0.225 e. The van der Waals surface area contributed by atoms with E-state index in [-0.39, 0.29) is 0 Å². The lowest BCUT2D eigenvalue weighted by Gasteiger charge is -2.19. The highest BCUT2D eigenvalue weighted by Gasteiger charge is 2.30. The van der Waals surface area contributed by atoms with Gasteiger partial charge in [0.25, 0.3) is 0 Å². The Morgan fingerprint density at radius 2 is 1.67 bits per heavy atom. The van der Waals surface area contributed by atoms with Crippen molar-refractivity contribution in [3.8, 4) is 11.8 Å². The first-order chi connectivity index (χ1) is 10.1. The van der Waals surface area contributed by atoms with E-state index in [1.54, 1.807) is 0 Å². The zero-order chi connectivity index (χ0) is 14.7. The highest BCUT2D eigenvalue weighted by atomic mass is 15.3. The summed E-state index contributed by atoms with van der Waals surface area (Å²) in [5.41, 5.74) is 2.21. The molecule has 3 heteroatoms. The molecule has 2 aromatic rings. The van der Waals surface area contributed by atoms with Crippen molar-refractivity contribution < 1.29 is 0 Å². The average molecular weight is 277 g/mol. The van der Waals surface area contributed by atoms with Crippen LogP contribution in [0.5, 0.6) is 0 Å². The molecule has 0 radical (unpaired) electrons. The number of rotatable bonds is 1. The third-order valence-electron chi connectivity index (χ3n) is 3.72. The number of hydrogen-bond donors (Lipinski definition) is 0. The topological polar surface area (TPSA) is 29.0 Å². The Morgan fingerprint density at radius 3 is 2.29 bits per heavy atom. The van der Waals surface area contributed by atoms with E-state index >= 15 is 0 Å². The Balaban J connectivity index is 1.72. The van der Waals surface area contributed by atoms with Crippen molar-refractivity contribution in [2.24, 2.45) is 5.41 Å². The van der Waals surface area contributed by atoms with E-state index in [0.717, 1.165) is 30.2 Å². The van der Waals surface area contributed by atoms with Gasteiger partial charge in [-0.25, -0.2) is 9.97 Å². The molecule has 1 aromatic carbocycles. The summed E-state index contributed by atoms with van der Waals surface area (Å²) in [4.78, 5) is 11.1. The molecule has 0 saturated carbocycles. The predicted molar refractivity (Wildman–Crippen MR) is 85.1 cm³/mol. The number of aromatic nitrogens is 2. The van der Waals surface area contributed by atoms with Crippen molar-refractivity contribution in [1.82, 2.24) is 9.97 Å². The van der Waals surface area contributed by atoms with E-state index in [4.69, 9.17) is 0 Å². The largest absolute Gasteiger partial charge is 0.340 e. The molecule has 1 saturated heterocycles. The summed E-state index contributed by atoms with van der Waals surface area (Å²) in [5, 5.41) is 0. The van der Waals surface area contributed by atoms with E-state index in [0.29, 0.717) is 5.41 Å². The van der Waals surface area contributed by atoms with Gasteiger partial charge in [0, 0.05) is 31.0 Å². The fraction of sp³-hybridized carbons (Fsp3) is 0.333. The molecular formula is C18H19N3. The van der Waals surface area contributed by atoms with E-state index in [9.17, 15) is 0 Å². The van der Waals surface area contributed by atoms with Gasteiger partial charge in [-0.1, -0.05) is 43.9 Å². The maximum absolute atomic E-state index is 4.45. The van der Waals surface area contributed by atoms with Gasteiger partial charge in [0.1, 0.15) is 0 Å². The molecule has 0 amide bonds. The molecule has 0 N–H and O–H groups in total. The molecular weight excluding hydrogens is 258 g/mol. The third kappa shape index (κ3) is 3.41. The van der Waals surface area contributed by atoms with Gasteiger partial charge in [-0.15, -0.1) is 0 Å². The lowest BCUT2D eigenvalue weighted by Crippen LogP contribution is -2.24. The first kappa shape index (κ1) is 13.6. The van der Waals surface area contributed by atoms with Crippen LogP contribution in [0.1, 0.15) is 31.4 Å². The third-order valence-corrected chi connectivity index (χ3v) is 3.72. The van der Waals surface area contributed by atoms with Crippen LogP contribution in [0.2, 0.25) is 0 Å². The summed E-state index contributed by atoms with van der Waals surface area (Å²) in [6.07, 6.45) is 4.80. The molecule has 3 rings (SSSR count). The van der Waals surface area contributed by atoms with Crippen LogP contribution in [-0.2, 0) is 0 Å². The molecule has 0 atom stereocenters. The van der Waals surface area contributed by atoms with Crippen LogP contribution >= 0.6 is 0 Å². The maximum atomic E-state index is 4.45. The molecule has 1 aromatic heterocycles. The fourth-order valence-electron chi connectivity index (χ4n) is 2.50. The summed E-state index contributed by atoms with van der Waals surface area (Å²) in [6, 6.07) is 9.95. The summed E-state index contributed by atoms with van der Waals surface area (Å²) in [7, 11) is 0. The van der Waals surface area contributed by atoms with E-state index in [2.05, 4.69) is 40.6 Å². The molecule has 1 aliphatic rings. The highest BCUT2D eigenvalue weighted by Crippen LogP contribution is 2.30. The quantitative estimate of drug-likeness (QED) is 0.750. The van der Waals surface area contributed by atoms with Crippen LogP contribution in [0, 0.1) is 17.3 Å². The Labute approximate surface area is 126 Å². The first-order valence-corrected chi connectivity index (χ1v) is 7.26. The zero-order valence-corrected chi connectivity index (χ0v) is 12.5. The monoisotopic (exact) mass is 277 g/mol. The molecule has 3 nitrogen and oxygen atoms in total. The molecule has 0 spiro atoms. The van der Waals surface area contributed by atoms with Gasteiger partial charge in [0.2, 0.25) is 5.95 Å². The van der Waals surface area contributed by atoms with Crippen molar-refractivity contribution in [3.63, 3.8) is 0 Å². The van der Waals surface area contributed by atoms with Crippen molar-refractivity contribution in [1.29, 1.82) is 0 Å². The van der Waals surface area contributed by atoms with Crippen LogP contribution in [0.4, 0.5) is 5.95 Å². The molecule has 106 valence electrons. The number of hydrogen-bond acceptors (Lipinski definition) is 3. The molecule has 0 aliphatic carbocycles. The normalized spacial score (nSPS) is 16.4. The van der Waals surface area contributed by atoms with Gasteiger partial charge in [0.15, 0.2) is 0 Å². The molecule has 1 fully saturated rings.